The minimum absolute atomic E-state index is 0.0518. The second-order valence-electron chi connectivity index (χ2n) is 17.8. The Balaban J connectivity index is 3.48. The van der Waals surface area contributed by atoms with Gasteiger partial charge in [0, 0.05) is 12.8 Å². The second kappa shape index (κ2) is 51.2. The Bertz CT molecular complexity index is 1090. The molecule has 62 heavy (non-hydrogen) atoms. The first-order valence-corrected chi connectivity index (χ1v) is 26.6. The lowest BCUT2D eigenvalue weighted by Crippen LogP contribution is -2.45. The number of aliphatic hydroxyl groups excluding tert-OH is 2. The van der Waals surface area contributed by atoms with E-state index < -0.39 is 12.1 Å². The molecule has 0 heterocycles. The molecule has 0 radical (unpaired) electrons. The molecule has 0 fully saturated rings. The van der Waals surface area contributed by atoms with Crippen LogP contribution in [0.25, 0.3) is 0 Å². The van der Waals surface area contributed by atoms with Gasteiger partial charge in [-0.25, -0.2) is 0 Å². The van der Waals surface area contributed by atoms with Crippen molar-refractivity contribution in [3.05, 3.63) is 60.8 Å². The number of carbonyl (C=O) groups excluding carboxylic acids is 2. The van der Waals surface area contributed by atoms with Gasteiger partial charge in [-0.1, -0.05) is 229 Å². The quantitative estimate of drug-likeness (QED) is 0.0322. The van der Waals surface area contributed by atoms with Gasteiger partial charge in [-0.15, -0.1) is 0 Å². The number of ether oxygens (including phenoxy) is 1. The molecule has 0 spiro atoms. The summed E-state index contributed by atoms with van der Waals surface area (Å²) in [7, 11) is 0. The molecular weight excluding hydrogens is 767 g/mol. The number of nitrogens with one attached hydrogen (secondary N) is 1. The van der Waals surface area contributed by atoms with Crippen molar-refractivity contribution in [3.8, 4) is 0 Å². The number of hydrogen-bond acceptors (Lipinski definition) is 5. The van der Waals surface area contributed by atoms with Gasteiger partial charge in [0.1, 0.15) is 0 Å². The smallest absolute Gasteiger partial charge is 0.305 e. The van der Waals surface area contributed by atoms with Crippen molar-refractivity contribution in [1.82, 2.24) is 5.32 Å². The van der Waals surface area contributed by atoms with E-state index in [1.165, 1.54) is 167 Å². The van der Waals surface area contributed by atoms with Crippen LogP contribution >= 0.6 is 0 Å². The zero-order chi connectivity index (χ0) is 45.1. The number of carbonyl (C=O) groups is 2. The number of aliphatic hydroxyl groups is 2. The highest BCUT2D eigenvalue weighted by Gasteiger charge is 2.18. The third kappa shape index (κ3) is 47.0. The molecule has 6 nitrogen and oxygen atoms in total. The van der Waals surface area contributed by atoms with Crippen LogP contribution < -0.4 is 5.32 Å². The lowest BCUT2D eigenvalue weighted by molar-refractivity contribution is -0.143. The number of esters is 1. The van der Waals surface area contributed by atoms with E-state index in [1.807, 2.05) is 6.08 Å². The monoisotopic (exact) mass is 868 g/mol. The highest BCUT2D eigenvalue weighted by atomic mass is 16.5. The van der Waals surface area contributed by atoms with Crippen molar-refractivity contribution in [2.75, 3.05) is 13.2 Å². The number of rotatable bonds is 48. The van der Waals surface area contributed by atoms with E-state index in [1.54, 1.807) is 6.08 Å². The number of amides is 1. The average molecular weight is 868 g/mol. The van der Waals surface area contributed by atoms with Gasteiger partial charge in [0.15, 0.2) is 0 Å². The third-order valence-corrected chi connectivity index (χ3v) is 11.8. The topological polar surface area (TPSA) is 95.9 Å². The van der Waals surface area contributed by atoms with Crippen LogP contribution in [0.3, 0.4) is 0 Å². The van der Waals surface area contributed by atoms with Gasteiger partial charge < -0.3 is 20.3 Å². The van der Waals surface area contributed by atoms with E-state index in [-0.39, 0.29) is 18.5 Å². The van der Waals surface area contributed by atoms with Crippen molar-refractivity contribution in [1.29, 1.82) is 0 Å². The highest BCUT2D eigenvalue weighted by molar-refractivity contribution is 5.76. The summed E-state index contributed by atoms with van der Waals surface area (Å²) in [6.45, 7) is 4.71. The Labute approximate surface area is 384 Å². The van der Waals surface area contributed by atoms with Crippen molar-refractivity contribution in [2.24, 2.45) is 0 Å². The molecule has 3 N–H and O–H groups in total. The summed E-state index contributed by atoms with van der Waals surface area (Å²) in [6.07, 6.45) is 65.3. The lowest BCUT2D eigenvalue weighted by Gasteiger charge is -2.20. The van der Waals surface area contributed by atoms with E-state index in [2.05, 4.69) is 67.8 Å². The maximum atomic E-state index is 12.4. The van der Waals surface area contributed by atoms with E-state index in [9.17, 15) is 19.8 Å². The molecule has 0 aromatic rings. The number of allylic oxidation sites excluding steroid dienone is 8. The van der Waals surface area contributed by atoms with Crippen LogP contribution in [0.5, 0.6) is 0 Å². The van der Waals surface area contributed by atoms with Crippen molar-refractivity contribution >= 4 is 11.9 Å². The molecule has 360 valence electrons. The molecule has 0 saturated carbocycles. The predicted octanol–water partition coefficient (Wildman–Crippen LogP) is 16.0. The molecule has 0 aromatic carbocycles. The van der Waals surface area contributed by atoms with Crippen LogP contribution in [0.15, 0.2) is 60.8 Å². The van der Waals surface area contributed by atoms with Crippen LogP contribution in [-0.2, 0) is 14.3 Å². The van der Waals surface area contributed by atoms with Crippen molar-refractivity contribution < 1.29 is 24.5 Å². The third-order valence-electron chi connectivity index (χ3n) is 11.8. The second-order valence-corrected chi connectivity index (χ2v) is 17.8. The van der Waals surface area contributed by atoms with Crippen LogP contribution in [0.2, 0.25) is 0 Å². The first kappa shape index (κ1) is 59.6. The minimum Gasteiger partial charge on any atom is -0.465 e. The van der Waals surface area contributed by atoms with Gasteiger partial charge >= 0.3 is 5.97 Å². The average Bonchev–Trinajstić information content (AvgIpc) is 3.27. The Morgan fingerprint density at radius 2 is 0.823 bits per heavy atom. The van der Waals surface area contributed by atoms with Crippen LogP contribution in [0.1, 0.15) is 258 Å². The maximum absolute atomic E-state index is 12.4. The lowest BCUT2D eigenvalue weighted by atomic mass is 10.0. The van der Waals surface area contributed by atoms with Crippen molar-refractivity contribution in [3.63, 3.8) is 0 Å². The van der Waals surface area contributed by atoms with E-state index in [4.69, 9.17) is 4.74 Å². The molecule has 0 aliphatic heterocycles. The Morgan fingerprint density at radius 3 is 1.27 bits per heavy atom. The predicted molar refractivity (Wildman–Crippen MR) is 268 cm³/mol. The molecule has 6 heteroatoms. The SMILES string of the molecule is CCCC/C=C\C/C=C\CCCCCCCC(=O)OCC/C=C\C/C=C\CCCCCCCCCCCCCCCCC(=O)NC(CO)C(O)/C=C/CCCCCCCCCC. The highest BCUT2D eigenvalue weighted by Crippen LogP contribution is 2.15. The van der Waals surface area contributed by atoms with E-state index >= 15 is 0 Å². The molecule has 0 aliphatic carbocycles. The molecule has 0 aromatic heterocycles. The zero-order valence-corrected chi connectivity index (χ0v) is 40.8. The minimum atomic E-state index is -0.847. The molecule has 0 aliphatic rings. The van der Waals surface area contributed by atoms with Gasteiger partial charge in [0.2, 0.25) is 5.91 Å². The number of unbranched alkanes of at least 4 members (excludes halogenated alkanes) is 29. The largest absolute Gasteiger partial charge is 0.465 e. The van der Waals surface area contributed by atoms with Crippen LogP contribution in [0, 0.1) is 0 Å². The summed E-state index contributed by atoms with van der Waals surface area (Å²) in [5, 5.41) is 22.9. The summed E-state index contributed by atoms with van der Waals surface area (Å²) in [6, 6.07) is -0.631. The maximum Gasteiger partial charge on any atom is 0.305 e. The normalized spacial score (nSPS) is 13.2. The Kier molecular flexibility index (Phi) is 49.2. The van der Waals surface area contributed by atoms with Gasteiger partial charge in [0.05, 0.1) is 25.4 Å². The standard InChI is InChI=1S/C56H101NO5/c1-3-5-7-9-11-13-15-16-27-30-34-38-42-46-50-56(61)62-51-47-43-39-35-31-28-25-23-21-19-17-18-20-22-24-26-29-33-37-41-45-49-55(60)57-53(52-58)54(59)48-44-40-36-32-14-12-10-8-6-4-2/h9,11,15-16,28,31,39,43-44,48,53-54,58-59H,3-8,10,12-14,17-27,29-30,32-38,40-42,45-47,49-52H2,1-2H3,(H,57,60)/b11-9-,16-15-,31-28-,43-39-,48-44+. The van der Waals surface area contributed by atoms with E-state index in [0.29, 0.717) is 19.4 Å². The summed E-state index contributed by atoms with van der Waals surface area (Å²) in [5.41, 5.74) is 0. The molecule has 0 bridgehead atoms. The summed E-state index contributed by atoms with van der Waals surface area (Å²) >= 11 is 0. The summed E-state index contributed by atoms with van der Waals surface area (Å²) in [5.74, 6) is -0.128. The molecule has 2 atom stereocenters. The van der Waals surface area contributed by atoms with Crippen LogP contribution in [0.4, 0.5) is 0 Å². The summed E-state index contributed by atoms with van der Waals surface area (Å²) in [4.78, 5) is 24.4. The fourth-order valence-corrected chi connectivity index (χ4v) is 7.66. The molecule has 0 saturated heterocycles. The fraction of sp³-hybridized carbons (Fsp3) is 0.786. The molecule has 0 rings (SSSR count). The van der Waals surface area contributed by atoms with E-state index in [0.717, 1.165) is 64.2 Å². The molecule has 1 amide bonds. The van der Waals surface area contributed by atoms with Gasteiger partial charge in [-0.05, 0) is 77.0 Å². The van der Waals surface area contributed by atoms with Gasteiger partial charge in [-0.3, -0.25) is 9.59 Å². The van der Waals surface area contributed by atoms with Gasteiger partial charge in [-0.2, -0.15) is 0 Å². The van der Waals surface area contributed by atoms with Crippen molar-refractivity contribution in [2.45, 2.75) is 270 Å². The Morgan fingerprint density at radius 1 is 0.452 bits per heavy atom. The zero-order valence-electron chi connectivity index (χ0n) is 40.8. The van der Waals surface area contributed by atoms with Gasteiger partial charge in [0.25, 0.3) is 0 Å². The first-order valence-electron chi connectivity index (χ1n) is 26.6. The number of hydrogen-bond donors (Lipinski definition) is 3. The summed E-state index contributed by atoms with van der Waals surface area (Å²) < 4.78 is 5.39. The Hall–Kier alpha value is -2.44. The van der Waals surface area contributed by atoms with Crippen LogP contribution in [-0.4, -0.2) is 47.4 Å². The first-order chi connectivity index (χ1) is 30.5. The molecular formula is C56H101NO5. The molecule has 2 unspecified atom stereocenters. The fourth-order valence-electron chi connectivity index (χ4n) is 7.66.